The van der Waals surface area contributed by atoms with Crippen LogP contribution in [0.5, 0.6) is 0 Å². The molecule has 2 aromatic rings. The number of benzene rings is 2. The molecule has 0 amide bonds. The average molecular weight is 483 g/mol. The molecule has 194 valence electrons. The smallest absolute Gasteiger partial charge is 0.161 e. The Bertz CT molecular complexity index is 817. The van der Waals surface area contributed by atoms with Gasteiger partial charge in [-0.1, -0.05) is 133 Å². The maximum Gasteiger partial charge on any atom is 0.161 e. The van der Waals surface area contributed by atoms with E-state index in [0.717, 1.165) is 44.1 Å². The molecule has 0 unspecified atom stereocenters. The van der Waals surface area contributed by atoms with Crippen molar-refractivity contribution in [1.82, 2.24) is 0 Å². The van der Waals surface area contributed by atoms with Crippen molar-refractivity contribution in [2.75, 3.05) is 0 Å². The second-order valence-corrected chi connectivity index (χ2v) is 10.1. The van der Waals surface area contributed by atoms with Crippen LogP contribution in [0.15, 0.2) is 54.4 Å². The van der Waals surface area contributed by atoms with Crippen LogP contribution in [0, 0.1) is 0 Å². The van der Waals surface area contributed by atoms with E-state index in [0.29, 0.717) is 5.56 Å². The Labute approximate surface area is 214 Å². The molecule has 0 aliphatic rings. The summed E-state index contributed by atoms with van der Waals surface area (Å²) >= 11 is 0. The first-order valence-electron chi connectivity index (χ1n) is 14.3. The lowest BCUT2D eigenvalue weighted by atomic mass is 10.00. The van der Waals surface area contributed by atoms with Crippen molar-refractivity contribution in [1.29, 1.82) is 0 Å². The Morgan fingerprint density at radius 3 is 1.40 bits per heavy atom. The Hall–Kier alpha value is -1.96. The number of rotatable bonds is 19. The van der Waals surface area contributed by atoms with E-state index in [-0.39, 0.29) is 6.42 Å². The van der Waals surface area contributed by atoms with Gasteiger partial charge in [0.15, 0.2) is 5.83 Å². The van der Waals surface area contributed by atoms with Gasteiger partial charge in [-0.25, -0.2) is 8.78 Å². The maximum absolute atomic E-state index is 14.4. The normalized spacial score (nSPS) is 12.1. The van der Waals surface area contributed by atoms with Crippen molar-refractivity contribution in [3.05, 3.63) is 76.6 Å². The molecule has 0 fully saturated rings. The van der Waals surface area contributed by atoms with E-state index < -0.39 is 11.7 Å². The summed E-state index contributed by atoms with van der Waals surface area (Å²) in [6.45, 7) is 4.42. The largest absolute Gasteiger partial charge is 0.209 e. The first-order chi connectivity index (χ1) is 17.1. The number of unbranched alkanes of at least 4 members (excludes halogenated alkanes) is 11. The summed E-state index contributed by atoms with van der Waals surface area (Å²) in [6, 6.07) is 16.3. The van der Waals surface area contributed by atoms with Gasteiger partial charge in [-0.15, -0.1) is 0 Å². The van der Waals surface area contributed by atoms with Crippen LogP contribution in [-0.2, 0) is 19.3 Å². The zero-order chi connectivity index (χ0) is 25.1. The third-order valence-electron chi connectivity index (χ3n) is 6.99. The van der Waals surface area contributed by atoms with Gasteiger partial charge >= 0.3 is 0 Å². The lowest BCUT2D eigenvalue weighted by molar-refractivity contribution is 0.531. The molecule has 2 rings (SSSR count). The third kappa shape index (κ3) is 12.5. The molecular weight excluding hydrogens is 434 g/mol. The fourth-order valence-electron chi connectivity index (χ4n) is 4.59. The zero-order valence-corrected chi connectivity index (χ0v) is 22.4. The van der Waals surface area contributed by atoms with Gasteiger partial charge in [0.1, 0.15) is 5.83 Å². The first-order valence-corrected chi connectivity index (χ1v) is 14.3. The van der Waals surface area contributed by atoms with Gasteiger partial charge in [-0.05, 0) is 48.8 Å². The molecule has 2 heteroatoms. The van der Waals surface area contributed by atoms with Gasteiger partial charge in [-0.2, -0.15) is 0 Å². The van der Waals surface area contributed by atoms with Crippen LogP contribution in [0.4, 0.5) is 8.78 Å². The number of aryl methyl sites for hydroxylation is 3. The number of hydrogen-bond donors (Lipinski definition) is 0. The van der Waals surface area contributed by atoms with Crippen LogP contribution in [0.25, 0.3) is 5.83 Å². The molecule has 0 aromatic heterocycles. The fourth-order valence-corrected chi connectivity index (χ4v) is 4.59. The van der Waals surface area contributed by atoms with Crippen LogP contribution in [-0.4, -0.2) is 0 Å². The lowest BCUT2D eigenvalue weighted by Crippen LogP contribution is -1.93. The summed E-state index contributed by atoms with van der Waals surface area (Å²) < 4.78 is 28.6. The van der Waals surface area contributed by atoms with E-state index in [9.17, 15) is 8.78 Å². The van der Waals surface area contributed by atoms with Crippen molar-refractivity contribution in [2.45, 2.75) is 123 Å². The Morgan fingerprint density at radius 1 is 0.486 bits per heavy atom. The van der Waals surface area contributed by atoms with Gasteiger partial charge in [0, 0.05) is 12.0 Å². The van der Waals surface area contributed by atoms with E-state index in [4.69, 9.17) is 0 Å². The molecule has 0 nitrogen and oxygen atoms in total. The summed E-state index contributed by atoms with van der Waals surface area (Å²) in [5.74, 6) is -1.31. The minimum atomic E-state index is -0.695. The predicted octanol–water partition coefficient (Wildman–Crippen LogP) is 11.1. The van der Waals surface area contributed by atoms with Crippen LogP contribution < -0.4 is 0 Å². The maximum atomic E-state index is 14.4. The van der Waals surface area contributed by atoms with Crippen LogP contribution in [0.3, 0.4) is 0 Å². The molecule has 0 spiro atoms. The highest BCUT2D eigenvalue weighted by atomic mass is 19.2. The number of halogens is 2. The van der Waals surface area contributed by atoms with Gasteiger partial charge in [0.2, 0.25) is 0 Å². The predicted molar refractivity (Wildman–Crippen MR) is 149 cm³/mol. The lowest BCUT2D eigenvalue weighted by Gasteiger charge is -2.07. The third-order valence-corrected chi connectivity index (χ3v) is 6.99. The summed E-state index contributed by atoms with van der Waals surface area (Å²) in [7, 11) is 0. The number of allylic oxidation sites excluding steroid dienone is 1. The molecule has 2 aromatic carbocycles. The summed E-state index contributed by atoms with van der Waals surface area (Å²) in [5.41, 5.74) is 4.27. The first kappa shape index (κ1) is 29.3. The Morgan fingerprint density at radius 2 is 0.886 bits per heavy atom. The topological polar surface area (TPSA) is 0 Å². The second-order valence-electron chi connectivity index (χ2n) is 10.1. The van der Waals surface area contributed by atoms with E-state index in [1.54, 1.807) is 12.1 Å². The molecule has 0 bridgehead atoms. The van der Waals surface area contributed by atoms with E-state index in [1.807, 2.05) is 12.1 Å². The molecule has 0 radical (unpaired) electrons. The van der Waals surface area contributed by atoms with Gasteiger partial charge < -0.3 is 0 Å². The van der Waals surface area contributed by atoms with Crippen LogP contribution in [0.1, 0.15) is 126 Å². The standard InChI is InChI=1S/C33H48F2/c1-3-5-7-9-10-11-13-14-16-28-18-20-29(21-19-28)22-23-30-24-26-31(27-25-30)33(35)32(34)17-15-12-8-6-4-2/h18-21,24-27H,3-17,22-23H2,1-2H3. The van der Waals surface area contributed by atoms with Crippen molar-refractivity contribution in [3.8, 4) is 0 Å². The molecule has 0 aliphatic heterocycles. The van der Waals surface area contributed by atoms with Crippen molar-refractivity contribution < 1.29 is 8.78 Å². The summed E-state index contributed by atoms with van der Waals surface area (Å²) in [5, 5.41) is 0. The highest BCUT2D eigenvalue weighted by molar-refractivity contribution is 5.61. The van der Waals surface area contributed by atoms with E-state index in [1.165, 1.54) is 75.3 Å². The van der Waals surface area contributed by atoms with E-state index in [2.05, 4.69) is 38.1 Å². The van der Waals surface area contributed by atoms with Crippen LogP contribution in [0.2, 0.25) is 0 Å². The quantitative estimate of drug-likeness (QED) is 0.175. The minimum absolute atomic E-state index is 0.201. The fraction of sp³-hybridized carbons (Fsp3) is 0.576. The zero-order valence-electron chi connectivity index (χ0n) is 22.4. The molecule has 0 saturated carbocycles. The summed E-state index contributed by atoms with van der Waals surface area (Å²) in [6.07, 6.45) is 19.2. The Kier molecular flexibility index (Phi) is 15.3. The van der Waals surface area contributed by atoms with Crippen LogP contribution >= 0.6 is 0 Å². The monoisotopic (exact) mass is 482 g/mol. The van der Waals surface area contributed by atoms with E-state index >= 15 is 0 Å². The average Bonchev–Trinajstić information content (AvgIpc) is 2.89. The van der Waals surface area contributed by atoms with Crippen molar-refractivity contribution >= 4 is 5.83 Å². The van der Waals surface area contributed by atoms with Gasteiger partial charge in [-0.3, -0.25) is 0 Å². The SMILES string of the molecule is CCCCCCCCCCc1ccc(CCc2ccc(C(F)=C(F)CCCCCCC)cc2)cc1. The highest BCUT2D eigenvalue weighted by Gasteiger charge is 2.09. The van der Waals surface area contributed by atoms with Crippen molar-refractivity contribution in [2.24, 2.45) is 0 Å². The van der Waals surface area contributed by atoms with Gasteiger partial charge in [0.25, 0.3) is 0 Å². The molecule has 0 aliphatic carbocycles. The Balaban J connectivity index is 1.69. The van der Waals surface area contributed by atoms with Crippen molar-refractivity contribution in [3.63, 3.8) is 0 Å². The summed E-state index contributed by atoms with van der Waals surface area (Å²) in [4.78, 5) is 0. The second kappa shape index (κ2) is 18.3. The number of hydrogen-bond acceptors (Lipinski definition) is 0. The molecule has 0 N–H and O–H groups in total. The molecule has 0 atom stereocenters. The van der Waals surface area contributed by atoms with Gasteiger partial charge in [0.05, 0.1) is 0 Å². The highest BCUT2D eigenvalue weighted by Crippen LogP contribution is 2.26. The molecule has 35 heavy (non-hydrogen) atoms. The minimum Gasteiger partial charge on any atom is -0.209 e. The molecule has 0 saturated heterocycles. The molecular formula is C33H48F2. The molecule has 0 heterocycles.